The number of primary sulfonamides is 1. The van der Waals surface area contributed by atoms with E-state index in [2.05, 4.69) is 15.9 Å². The Morgan fingerprint density at radius 1 is 1.08 bits per heavy atom. The molecule has 9 heteroatoms. The van der Waals surface area contributed by atoms with Gasteiger partial charge in [-0.05, 0) is 47.0 Å². The third-order valence-electron chi connectivity index (χ3n) is 4.83. The van der Waals surface area contributed by atoms with E-state index in [9.17, 15) is 18.0 Å². The number of nitrogens with two attached hydrogens (primary N) is 1. The van der Waals surface area contributed by atoms with E-state index in [1.54, 1.807) is 4.90 Å². The van der Waals surface area contributed by atoms with Gasteiger partial charge >= 0.3 is 0 Å². The Hall–Kier alpha value is -1.45. The molecule has 2 N–H and O–H groups in total. The van der Waals surface area contributed by atoms with Gasteiger partial charge in [0.25, 0.3) is 5.91 Å². The Bertz CT molecular complexity index is 800. The molecule has 2 amide bonds. The van der Waals surface area contributed by atoms with Gasteiger partial charge in [-0.25, -0.2) is 13.6 Å². The van der Waals surface area contributed by atoms with E-state index >= 15 is 0 Å². The number of piperazine rings is 1. The second-order valence-corrected chi connectivity index (χ2v) is 8.85. The predicted molar refractivity (Wildman–Crippen MR) is 95.3 cm³/mol. The molecule has 2 aliphatic rings. The number of sulfonamides is 1. The summed E-state index contributed by atoms with van der Waals surface area (Å²) in [4.78, 5) is 28.4. The third-order valence-corrected chi connectivity index (χ3v) is 6.43. The summed E-state index contributed by atoms with van der Waals surface area (Å²) in [6.45, 7) is 1.88. The minimum atomic E-state index is -3.88. The summed E-state index contributed by atoms with van der Waals surface area (Å²) < 4.78 is 23.5. The van der Waals surface area contributed by atoms with Gasteiger partial charge in [-0.15, -0.1) is 0 Å². The van der Waals surface area contributed by atoms with E-state index < -0.39 is 10.0 Å². The number of carbonyl (C=O) groups is 2. The van der Waals surface area contributed by atoms with Gasteiger partial charge in [-0.1, -0.05) is 6.42 Å². The normalized spacial score (nSPS) is 18.8. The number of benzene rings is 1. The molecule has 1 aromatic rings. The number of carbonyl (C=O) groups excluding carboxylic acids is 2. The maximum Gasteiger partial charge on any atom is 0.255 e. The van der Waals surface area contributed by atoms with Gasteiger partial charge in [0.05, 0.1) is 10.5 Å². The molecule has 1 saturated carbocycles. The molecule has 1 saturated heterocycles. The number of rotatable bonds is 3. The molecule has 0 spiro atoms. The van der Waals surface area contributed by atoms with Gasteiger partial charge < -0.3 is 9.80 Å². The monoisotopic (exact) mass is 429 g/mol. The Balaban J connectivity index is 1.69. The highest BCUT2D eigenvalue weighted by Crippen LogP contribution is 2.29. The number of halogens is 1. The molecule has 1 aliphatic carbocycles. The van der Waals surface area contributed by atoms with Crippen molar-refractivity contribution < 1.29 is 18.0 Å². The zero-order valence-corrected chi connectivity index (χ0v) is 16.1. The average Bonchev–Trinajstić information content (AvgIpc) is 2.52. The van der Waals surface area contributed by atoms with Crippen molar-refractivity contribution in [3.8, 4) is 0 Å². The van der Waals surface area contributed by atoms with Gasteiger partial charge in [-0.3, -0.25) is 9.59 Å². The van der Waals surface area contributed by atoms with Gasteiger partial charge in [0.2, 0.25) is 15.9 Å². The number of hydrogen-bond donors (Lipinski definition) is 1. The summed E-state index contributed by atoms with van der Waals surface area (Å²) in [6.07, 6.45) is 3.04. The first-order valence-electron chi connectivity index (χ1n) is 8.18. The maximum absolute atomic E-state index is 12.7. The first-order valence-corrected chi connectivity index (χ1v) is 10.5. The fourth-order valence-electron chi connectivity index (χ4n) is 3.06. The van der Waals surface area contributed by atoms with E-state index in [1.807, 2.05) is 4.90 Å². The fraction of sp³-hybridized carbons (Fsp3) is 0.500. The van der Waals surface area contributed by atoms with Gasteiger partial charge in [0.1, 0.15) is 0 Å². The topological polar surface area (TPSA) is 101 Å². The molecule has 25 heavy (non-hydrogen) atoms. The molecule has 0 radical (unpaired) electrons. The number of hydrogen-bond acceptors (Lipinski definition) is 4. The first kappa shape index (κ1) is 18.3. The van der Waals surface area contributed by atoms with Crippen molar-refractivity contribution in [3.63, 3.8) is 0 Å². The minimum Gasteiger partial charge on any atom is -0.339 e. The van der Waals surface area contributed by atoms with Crippen LogP contribution in [0.5, 0.6) is 0 Å². The van der Waals surface area contributed by atoms with E-state index in [0.29, 0.717) is 30.7 Å². The Morgan fingerprint density at radius 2 is 1.68 bits per heavy atom. The summed E-state index contributed by atoms with van der Waals surface area (Å²) in [5, 5.41) is 5.14. The van der Waals surface area contributed by atoms with Crippen LogP contribution in [0.3, 0.4) is 0 Å². The second kappa shape index (κ2) is 7.05. The van der Waals surface area contributed by atoms with Crippen molar-refractivity contribution in [1.29, 1.82) is 0 Å². The van der Waals surface area contributed by atoms with Gasteiger partial charge in [0, 0.05) is 36.6 Å². The molecule has 136 valence electrons. The standard InChI is InChI=1S/C16H20BrN3O4S/c17-14-5-4-12(25(18,23)24)10-13(14)16(22)20-8-6-19(7-9-20)15(21)11-2-1-3-11/h4-5,10-11H,1-3,6-9H2,(H2,18,23,24). The van der Waals surface area contributed by atoms with Crippen molar-refractivity contribution in [2.24, 2.45) is 11.1 Å². The van der Waals surface area contributed by atoms with Gasteiger partial charge in [0.15, 0.2) is 0 Å². The van der Waals surface area contributed by atoms with Crippen LogP contribution in [0.2, 0.25) is 0 Å². The molecule has 1 aromatic carbocycles. The molecule has 0 atom stereocenters. The zero-order valence-electron chi connectivity index (χ0n) is 13.7. The van der Waals surface area contributed by atoms with Crippen molar-refractivity contribution in [1.82, 2.24) is 9.80 Å². The molecule has 0 bridgehead atoms. The van der Waals surface area contributed by atoms with Crippen molar-refractivity contribution in [2.75, 3.05) is 26.2 Å². The lowest BCUT2D eigenvalue weighted by Crippen LogP contribution is -2.52. The van der Waals surface area contributed by atoms with Crippen molar-refractivity contribution in [3.05, 3.63) is 28.2 Å². The first-order chi connectivity index (χ1) is 11.8. The highest BCUT2D eigenvalue weighted by molar-refractivity contribution is 9.10. The summed E-state index contributed by atoms with van der Waals surface area (Å²) in [6, 6.07) is 4.14. The number of nitrogens with zero attached hydrogens (tertiary/aromatic N) is 2. The van der Waals surface area contributed by atoms with Crippen LogP contribution in [0.25, 0.3) is 0 Å². The van der Waals surface area contributed by atoms with E-state index in [1.165, 1.54) is 18.2 Å². The molecule has 1 aliphatic heterocycles. The summed E-state index contributed by atoms with van der Waals surface area (Å²) in [7, 11) is -3.88. The molecule has 1 heterocycles. The van der Waals surface area contributed by atoms with Crippen molar-refractivity contribution >= 4 is 37.8 Å². The van der Waals surface area contributed by atoms with Gasteiger partial charge in [-0.2, -0.15) is 0 Å². The smallest absolute Gasteiger partial charge is 0.255 e. The summed E-state index contributed by atoms with van der Waals surface area (Å²) in [5.41, 5.74) is 0.255. The van der Waals surface area contributed by atoms with Crippen LogP contribution in [-0.4, -0.2) is 56.2 Å². The molecule has 7 nitrogen and oxygen atoms in total. The van der Waals surface area contributed by atoms with E-state index in [4.69, 9.17) is 5.14 Å². The number of amides is 2. The van der Waals surface area contributed by atoms with Crippen LogP contribution in [0.15, 0.2) is 27.6 Å². The lowest BCUT2D eigenvalue weighted by molar-refractivity contribution is -0.139. The van der Waals surface area contributed by atoms with Crippen molar-refractivity contribution in [2.45, 2.75) is 24.2 Å². The highest BCUT2D eigenvalue weighted by atomic mass is 79.9. The average molecular weight is 430 g/mol. The Kier molecular flexibility index (Phi) is 5.17. The lowest BCUT2D eigenvalue weighted by atomic mass is 9.84. The van der Waals surface area contributed by atoms with Crippen LogP contribution in [0.4, 0.5) is 0 Å². The van der Waals surface area contributed by atoms with Crippen LogP contribution >= 0.6 is 15.9 Å². The predicted octanol–water partition coefficient (Wildman–Crippen LogP) is 1.18. The molecule has 2 fully saturated rings. The SMILES string of the molecule is NS(=O)(=O)c1ccc(Br)c(C(=O)N2CCN(C(=O)C3CCC3)CC2)c1. The maximum atomic E-state index is 12.7. The van der Waals surface area contributed by atoms with Crippen LogP contribution < -0.4 is 5.14 Å². The van der Waals surface area contributed by atoms with Crippen LogP contribution in [0.1, 0.15) is 29.6 Å². The van der Waals surface area contributed by atoms with E-state index in [-0.39, 0.29) is 28.2 Å². The summed E-state index contributed by atoms with van der Waals surface area (Å²) >= 11 is 3.29. The van der Waals surface area contributed by atoms with E-state index in [0.717, 1.165) is 19.3 Å². The van der Waals surface area contributed by atoms with Crippen LogP contribution in [0, 0.1) is 5.92 Å². The largest absolute Gasteiger partial charge is 0.339 e. The quantitative estimate of drug-likeness (QED) is 0.778. The zero-order chi connectivity index (χ0) is 18.2. The molecule has 0 unspecified atom stereocenters. The third kappa shape index (κ3) is 3.88. The molecular weight excluding hydrogens is 410 g/mol. The lowest BCUT2D eigenvalue weighted by Gasteiger charge is -2.38. The Labute approximate surface area is 155 Å². The second-order valence-electron chi connectivity index (χ2n) is 6.43. The highest BCUT2D eigenvalue weighted by Gasteiger charge is 2.32. The Morgan fingerprint density at radius 3 is 2.20 bits per heavy atom. The summed E-state index contributed by atoms with van der Waals surface area (Å²) in [5.74, 6) is 0.0757. The minimum absolute atomic E-state index is 0.0992. The molecule has 3 rings (SSSR count). The molecule has 0 aromatic heterocycles. The van der Waals surface area contributed by atoms with Crippen LogP contribution in [-0.2, 0) is 14.8 Å². The molecular formula is C16H20BrN3O4S. The fourth-order valence-corrected chi connectivity index (χ4v) is 4.01.